The van der Waals surface area contributed by atoms with Gasteiger partial charge in [-0.15, -0.1) is 0 Å². The molecule has 0 spiro atoms. The van der Waals surface area contributed by atoms with Gasteiger partial charge >= 0.3 is 0 Å². The summed E-state index contributed by atoms with van der Waals surface area (Å²) in [4.78, 5) is 15.9. The minimum absolute atomic E-state index is 0.0507. The number of pyridine rings is 1. The van der Waals surface area contributed by atoms with Gasteiger partial charge in [-0.05, 0) is 30.7 Å². The van der Waals surface area contributed by atoms with E-state index in [-0.39, 0.29) is 21.8 Å². The summed E-state index contributed by atoms with van der Waals surface area (Å²) in [5.74, 6) is -0.384. The van der Waals surface area contributed by atoms with Crippen LogP contribution in [-0.4, -0.2) is 10.9 Å². The molecule has 0 aliphatic carbocycles. The Hall–Kier alpha value is -1.29. The maximum Gasteiger partial charge on any atom is 0.258 e. The summed E-state index contributed by atoms with van der Waals surface area (Å²) in [6.07, 6.45) is 0. The maximum atomic E-state index is 12.1. The normalized spacial score (nSPS) is 10.3. The highest BCUT2D eigenvalue weighted by Gasteiger charge is 2.14. The van der Waals surface area contributed by atoms with E-state index in [1.165, 1.54) is 12.1 Å². The number of rotatable bonds is 2. The van der Waals surface area contributed by atoms with Crippen molar-refractivity contribution in [3.63, 3.8) is 0 Å². The van der Waals surface area contributed by atoms with Crippen molar-refractivity contribution in [2.24, 2.45) is 0 Å². The summed E-state index contributed by atoms with van der Waals surface area (Å²) >= 11 is 17.6. The Bertz CT molecular complexity index is 624. The van der Waals surface area contributed by atoms with E-state index in [1.807, 2.05) is 19.1 Å². The predicted octanol–water partition coefficient (Wildman–Crippen LogP) is 4.60. The zero-order valence-electron chi connectivity index (χ0n) is 9.88. The molecule has 1 N–H and O–H groups in total. The van der Waals surface area contributed by atoms with Gasteiger partial charge in [-0.2, -0.15) is 0 Å². The first-order valence-electron chi connectivity index (χ1n) is 5.37. The number of carbonyl (C=O) groups is 1. The average Bonchev–Trinajstić information content (AvgIpc) is 2.33. The minimum atomic E-state index is -0.384. The lowest BCUT2D eigenvalue weighted by Gasteiger charge is -2.10. The van der Waals surface area contributed by atoms with Crippen molar-refractivity contribution in [3.05, 3.63) is 56.8 Å². The van der Waals surface area contributed by atoms with Gasteiger partial charge in [-0.3, -0.25) is 4.79 Å². The summed E-state index contributed by atoms with van der Waals surface area (Å²) in [6, 6.07) is 8.38. The fourth-order valence-electron chi connectivity index (χ4n) is 1.55. The van der Waals surface area contributed by atoms with E-state index in [9.17, 15) is 4.79 Å². The van der Waals surface area contributed by atoms with Crippen molar-refractivity contribution in [1.29, 1.82) is 0 Å². The third-order valence-corrected chi connectivity index (χ3v) is 3.33. The SMILES string of the molecule is Cc1cccc(Cl)c1NC(=O)c1ccc(Cl)nc1Cl. The van der Waals surface area contributed by atoms with Gasteiger partial charge in [0.25, 0.3) is 5.91 Å². The number of aryl methyl sites for hydroxylation is 1. The second kappa shape index (κ2) is 5.78. The van der Waals surface area contributed by atoms with Crippen molar-refractivity contribution in [3.8, 4) is 0 Å². The molecule has 0 fully saturated rings. The molecular formula is C13H9Cl3N2O. The Labute approximate surface area is 125 Å². The molecule has 0 aliphatic heterocycles. The molecule has 0 saturated carbocycles. The van der Waals surface area contributed by atoms with Crippen LogP contribution >= 0.6 is 34.8 Å². The molecule has 0 bridgehead atoms. The second-order valence-electron chi connectivity index (χ2n) is 3.86. The zero-order valence-corrected chi connectivity index (χ0v) is 12.1. The lowest BCUT2D eigenvalue weighted by atomic mass is 10.2. The van der Waals surface area contributed by atoms with E-state index in [2.05, 4.69) is 10.3 Å². The molecule has 1 aromatic heterocycles. The van der Waals surface area contributed by atoms with Crippen LogP contribution in [0, 0.1) is 6.92 Å². The molecule has 0 radical (unpaired) electrons. The first-order valence-corrected chi connectivity index (χ1v) is 6.51. The van der Waals surface area contributed by atoms with Gasteiger partial charge in [0, 0.05) is 0 Å². The number of nitrogens with zero attached hydrogens (tertiary/aromatic N) is 1. The quantitative estimate of drug-likeness (QED) is 0.823. The van der Waals surface area contributed by atoms with E-state index in [1.54, 1.807) is 6.07 Å². The van der Waals surface area contributed by atoms with E-state index in [0.717, 1.165) is 5.56 Å². The van der Waals surface area contributed by atoms with Crippen LogP contribution in [-0.2, 0) is 0 Å². The first kappa shape index (κ1) is 14.1. The van der Waals surface area contributed by atoms with Crippen molar-refractivity contribution < 1.29 is 4.79 Å². The van der Waals surface area contributed by atoms with Gasteiger partial charge < -0.3 is 5.32 Å². The van der Waals surface area contributed by atoms with E-state index >= 15 is 0 Å². The molecule has 2 aromatic rings. The molecule has 3 nitrogen and oxygen atoms in total. The number of hydrogen-bond acceptors (Lipinski definition) is 2. The summed E-state index contributed by atoms with van der Waals surface area (Å²) in [6.45, 7) is 1.85. The van der Waals surface area contributed by atoms with Crippen LogP contribution in [0.25, 0.3) is 0 Å². The van der Waals surface area contributed by atoms with Gasteiger partial charge in [0.15, 0.2) is 0 Å². The van der Waals surface area contributed by atoms with Crippen LogP contribution in [0.15, 0.2) is 30.3 Å². The van der Waals surface area contributed by atoms with Crippen LogP contribution in [0.5, 0.6) is 0 Å². The second-order valence-corrected chi connectivity index (χ2v) is 5.01. The van der Waals surface area contributed by atoms with Crippen LogP contribution in [0.1, 0.15) is 15.9 Å². The van der Waals surface area contributed by atoms with Crippen molar-refractivity contribution in [2.75, 3.05) is 5.32 Å². The Morgan fingerprint density at radius 2 is 1.89 bits per heavy atom. The predicted molar refractivity (Wildman–Crippen MR) is 78.4 cm³/mol. The van der Waals surface area contributed by atoms with Crippen LogP contribution in [0.4, 0.5) is 5.69 Å². The van der Waals surface area contributed by atoms with Gasteiger partial charge in [0.2, 0.25) is 0 Å². The smallest absolute Gasteiger partial charge is 0.258 e. The molecule has 6 heteroatoms. The van der Waals surface area contributed by atoms with Crippen molar-refractivity contribution >= 4 is 46.4 Å². The molecule has 0 atom stereocenters. The number of amides is 1. The number of nitrogens with one attached hydrogen (secondary N) is 1. The van der Waals surface area contributed by atoms with Crippen LogP contribution < -0.4 is 5.32 Å². The summed E-state index contributed by atoms with van der Waals surface area (Å²) in [7, 11) is 0. The van der Waals surface area contributed by atoms with Crippen LogP contribution in [0.2, 0.25) is 15.3 Å². The summed E-state index contributed by atoms with van der Waals surface area (Å²) < 4.78 is 0. The fourth-order valence-corrected chi connectivity index (χ4v) is 2.25. The molecule has 19 heavy (non-hydrogen) atoms. The molecule has 98 valence electrons. The van der Waals surface area contributed by atoms with E-state index in [4.69, 9.17) is 34.8 Å². The Morgan fingerprint density at radius 3 is 2.53 bits per heavy atom. The van der Waals surface area contributed by atoms with Gasteiger partial charge in [0.05, 0.1) is 16.3 Å². The van der Waals surface area contributed by atoms with E-state index < -0.39 is 0 Å². The topological polar surface area (TPSA) is 42.0 Å². The highest BCUT2D eigenvalue weighted by Crippen LogP contribution is 2.26. The third-order valence-electron chi connectivity index (χ3n) is 2.52. The highest BCUT2D eigenvalue weighted by molar-refractivity contribution is 6.36. The number of halogens is 3. The monoisotopic (exact) mass is 314 g/mol. The van der Waals surface area contributed by atoms with Crippen molar-refractivity contribution in [1.82, 2.24) is 4.98 Å². The standard InChI is InChI=1S/C13H9Cl3N2O/c1-7-3-2-4-9(14)11(7)18-13(19)8-5-6-10(15)17-12(8)16/h2-6H,1H3,(H,18,19). The molecule has 1 amide bonds. The molecule has 0 aliphatic rings. The number of hydrogen-bond donors (Lipinski definition) is 1. The average molecular weight is 316 g/mol. The van der Waals surface area contributed by atoms with E-state index in [0.29, 0.717) is 10.7 Å². The Morgan fingerprint density at radius 1 is 1.16 bits per heavy atom. The molecule has 2 rings (SSSR count). The number of aromatic nitrogens is 1. The molecule has 0 saturated heterocycles. The number of benzene rings is 1. The summed E-state index contributed by atoms with van der Waals surface area (Å²) in [5.41, 5.74) is 1.66. The number of carbonyl (C=O) groups excluding carboxylic acids is 1. The van der Waals surface area contributed by atoms with Gasteiger partial charge in [-0.1, -0.05) is 46.9 Å². The highest BCUT2D eigenvalue weighted by atomic mass is 35.5. The Balaban J connectivity index is 2.31. The minimum Gasteiger partial charge on any atom is -0.320 e. The first-order chi connectivity index (χ1) is 8.99. The molecule has 0 unspecified atom stereocenters. The molecular weight excluding hydrogens is 307 g/mol. The zero-order chi connectivity index (χ0) is 14.0. The van der Waals surface area contributed by atoms with Crippen molar-refractivity contribution in [2.45, 2.75) is 6.92 Å². The lowest BCUT2D eigenvalue weighted by Crippen LogP contribution is -2.14. The van der Waals surface area contributed by atoms with Gasteiger partial charge in [0.1, 0.15) is 10.3 Å². The fraction of sp³-hybridized carbons (Fsp3) is 0.0769. The lowest BCUT2D eigenvalue weighted by molar-refractivity contribution is 0.102. The number of para-hydroxylation sites is 1. The Kier molecular flexibility index (Phi) is 4.30. The number of anilines is 1. The third kappa shape index (κ3) is 3.18. The largest absolute Gasteiger partial charge is 0.320 e. The maximum absolute atomic E-state index is 12.1. The summed E-state index contributed by atoms with van der Waals surface area (Å²) in [5, 5.41) is 3.46. The van der Waals surface area contributed by atoms with Gasteiger partial charge in [-0.25, -0.2) is 4.98 Å². The molecule has 1 aromatic carbocycles. The van der Waals surface area contributed by atoms with Crippen LogP contribution in [0.3, 0.4) is 0 Å². The molecule has 1 heterocycles.